The third-order valence-corrected chi connectivity index (χ3v) is 2.50. The average Bonchev–Trinajstić information content (AvgIpc) is 2.72. The van der Waals surface area contributed by atoms with Gasteiger partial charge in [-0.05, 0) is 13.0 Å². The molecule has 0 spiro atoms. The molecule has 5 heteroatoms. The Bertz CT molecular complexity index is 384. The van der Waals surface area contributed by atoms with Crippen molar-refractivity contribution in [1.82, 2.24) is 14.7 Å². The second kappa shape index (κ2) is 3.51. The molecule has 0 bridgehead atoms. The van der Waals surface area contributed by atoms with Crippen LogP contribution in [-0.4, -0.2) is 20.6 Å². The number of carbonyl (C=O) groups is 1. The second-order valence-corrected chi connectivity index (χ2v) is 3.72. The Hall–Kier alpha value is -1.62. The van der Waals surface area contributed by atoms with E-state index in [0.29, 0.717) is 13.1 Å². The molecule has 5 nitrogen and oxygen atoms in total. The van der Waals surface area contributed by atoms with E-state index in [1.165, 1.54) is 6.08 Å². The summed E-state index contributed by atoms with van der Waals surface area (Å²) in [6.07, 6.45) is 3.10. The van der Waals surface area contributed by atoms with Crippen LogP contribution in [0.3, 0.4) is 0 Å². The second-order valence-electron chi connectivity index (χ2n) is 3.72. The highest BCUT2D eigenvalue weighted by Crippen LogP contribution is 2.22. The van der Waals surface area contributed by atoms with Crippen molar-refractivity contribution in [2.24, 2.45) is 5.73 Å². The fourth-order valence-electron chi connectivity index (χ4n) is 1.67. The van der Waals surface area contributed by atoms with Gasteiger partial charge in [-0.1, -0.05) is 6.58 Å². The Labute approximate surface area is 88.2 Å². The van der Waals surface area contributed by atoms with Crippen LogP contribution in [0.5, 0.6) is 0 Å². The molecule has 2 N–H and O–H groups in total. The number of aromatic nitrogens is 2. The van der Waals surface area contributed by atoms with E-state index in [-0.39, 0.29) is 12.1 Å². The van der Waals surface area contributed by atoms with Crippen molar-refractivity contribution in [3.05, 3.63) is 30.1 Å². The Kier molecular flexibility index (Phi) is 2.32. The zero-order valence-corrected chi connectivity index (χ0v) is 8.68. The zero-order valence-electron chi connectivity index (χ0n) is 8.68. The van der Waals surface area contributed by atoms with Crippen molar-refractivity contribution < 1.29 is 4.79 Å². The van der Waals surface area contributed by atoms with Gasteiger partial charge in [0.25, 0.3) is 0 Å². The summed E-state index contributed by atoms with van der Waals surface area (Å²) >= 11 is 0. The Morgan fingerprint density at radius 1 is 1.73 bits per heavy atom. The van der Waals surface area contributed by atoms with Crippen molar-refractivity contribution in [2.75, 3.05) is 0 Å². The monoisotopic (exact) mass is 206 g/mol. The SMILES string of the molecule is C=CC(=O)N1Cc2cn(C(C)N)nc2C1. The Morgan fingerprint density at radius 3 is 3.00 bits per heavy atom. The number of amides is 1. The summed E-state index contributed by atoms with van der Waals surface area (Å²) in [6, 6.07) is 0. The van der Waals surface area contributed by atoms with Gasteiger partial charge in [-0.2, -0.15) is 5.10 Å². The number of nitrogens with two attached hydrogens (primary N) is 1. The van der Waals surface area contributed by atoms with E-state index in [4.69, 9.17) is 5.73 Å². The number of carbonyl (C=O) groups excluding carboxylic acids is 1. The van der Waals surface area contributed by atoms with Gasteiger partial charge in [0.15, 0.2) is 0 Å². The normalized spacial score (nSPS) is 16.3. The molecule has 1 unspecified atom stereocenters. The fraction of sp³-hybridized carbons (Fsp3) is 0.400. The molecule has 80 valence electrons. The maximum absolute atomic E-state index is 11.3. The van der Waals surface area contributed by atoms with Crippen molar-refractivity contribution in [1.29, 1.82) is 0 Å². The smallest absolute Gasteiger partial charge is 0.246 e. The van der Waals surface area contributed by atoms with E-state index in [1.807, 2.05) is 13.1 Å². The van der Waals surface area contributed by atoms with Gasteiger partial charge < -0.3 is 10.6 Å². The summed E-state index contributed by atoms with van der Waals surface area (Å²) in [5.74, 6) is -0.0552. The minimum Gasteiger partial charge on any atom is -0.329 e. The van der Waals surface area contributed by atoms with Gasteiger partial charge in [0.1, 0.15) is 0 Å². The van der Waals surface area contributed by atoms with Gasteiger partial charge in [-0.15, -0.1) is 0 Å². The summed E-state index contributed by atoms with van der Waals surface area (Å²) < 4.78 is 1.72. The first-order valence-electron chi connectivity index (χ1n) is 4.85. The van der Waals surface area contributed by atoms with Crippen LogP contribution in [0.25, 0.3) is 0 Å². The number of nitrogens with zero attached hydrogens (tertiary/aromatic N) is 3. The molecule has 0 saturated heterocycles. The number of fused-ring (bicyclic) bond motifs is 1. The van der Waals surface area contributed by atoms with E-state index in [1.54, 1.807) is 9.58 Å². The van der Waals surface area contributed by atoms with Crippen molar-refractivity contribution >= 4 is 5.91 Å². The minimum atomic E-state index is -0.126. The zero-order chi connectivity index (χ0) is 11.0. The Morgan fingerprint density at radius 2 is 2.47 bits per heavy atom. The van der Waals surface area contributed by atoms with Crippen LogP contribution in [-0.2, 0) is 17.9 Å². The highest BCUT2D eigenvalue weighted by atomic mass is 16.2. The standard InChI is InChI=1S/C10H14N4O/c1-3-10(15)13-4-8-5-14(7(2)11)12-9(8)6-13/h3,5,7H,1,4,6,11H2,2H3. The minimum absolute atomic E-state index is 0.0552. The van der Waals surface area contributed by atoms with Gasteiger partial charge in [-0.25, -0.2) is 0 Å². The molecular weight excluding hydrogens is 192 g/mol. The molecule has 0 aromatic carbocycles. The highest BCUT2D eigenvalue weighted by molar-refractivity contribution is 5.87. The van der Waals surface area contributed by atoms with E-state index in [2.05, 4.69) is 11.7 Å². The lowest BCUT2D eigenvalue weighted by molar-refractivity contribution is -0.126. The molecular formula is C10H14N4O. The molecule has 1 amide bonds. The van der Waals surface area contributed by atoms with E-state index in [9.17, 15) is 4.79 Å². The molecule has 1 aliphatic rings. The van der Waals surface area contributed by atoms with Crippen LogP contribution in [0.1, 0.15) is 24.3 Å². The molecule has 1 aliphatic heterocycles. The molecule has 0 fully saturated rings. The lowest BCUT2D eigenvalue weighted by Crippen LogP contribution is -2.24. The third kappa shape index (κ3) is 1.66. The number of hydrogen-bond donors (Lipinski definition) is 1. The van der Waals surface area contributed by atoms with Crippen molar-refractivity contribution in [2.45, 2.75) is 26.2 Å². The van der Waals surface area contributed by atoms with Crippen LogP contribution < -0.4 is 5.73 Å². The van der Waals surface area contributed by atoms with Crippen LogP contribution in [0.15, 0.2) is 18.9 Å². The van der Waals surface area contributed by atoms with Gasteiger partial charge in [-0.3, -0.25) is 9.48 Å². The number of rotatable bonds is 2. The lowest BCUT2D eigenvalue weighted by atomic mass is 10.3. The summed E-state index contributed by atoms with van der Waals surface area (Å²) in [7, 11) is 0. The van der Waals surface area contributed by atoms with Crippen LogP contribution in [0.4, 0.5) is 0 Å². The predicted molar refractivity (Wildman–Crippen MR) is 55.6 cm³/mol. The van der Waals surface area contributed by atoms with E-state index in [0.717, 1.165) is 11.3 Å². The fourth-order valence-corrected chi connectivity index (χ4v) is 1.67. The molecule has 15 heavy (non-hydrogen) atoms. The van der Waals surface area contributed by atoms with Gasteiger partial charge >= 0.3 is 0 Å². The number of hydrogen-bond acceptors (Lipinski definition) is 3. The highest BCUT2D eigenvalue weighted by Gasteiger charge is 2.25. The summed E-state index contributed by atoms with van der Waals surface area (Å²) in [5, 5.41) is 4.32. The summed E-state index contributed by atoms with van der Waals surface area (Å²) in [5.41, 5.74) is 7.70. The molecule has 2 rings (SSSR count). The van der Waals surface area contributed by atoms with Crippen molar-refractivity contribution in [3.8, 4) is 0 Å². The van der Waals surface area contributed by atoms with Gasteiger partial charge in [0, 0.05) is 18.3 Å². The first kappa shape index (κ1) is 9.92. The molecule has 0 radical (unpaired) electrons. The molecule has 1 aromatic heterocycles. The molecule has 0 saturated carbocycles. The maximum Gasteiger partial charge on any atom is 0.246 e. The lowest BCUT2D eigenvalue weighted by Gasteiger charge is -2.13. The first-order chi connectivity index (χ1) is 7.11. The molecule has 1 aromatic rings. The maximum atomic E-state index is 11.3. The molecule has 0 aliphatic carbocycles. The topological polar surface area (TPSA) is 64.2 Å². The molecule has 2 heterocycles. The average molecular weight is 206 g/mol. The van der Waals surface area contributed by atoms with Crippen LogP contribution in [0.2, 0.25) is 0 Å². The summed E-state index contributed by atoms with van der Waals surface area (Å²) in [4.78, 5) is 13.1. The van der Waals surface area contributed by atoms with E-state index < -0.39 is 0 Å². The van der Waals surface area contributed by atoms with E-state index >= 15 is 0 Å². The van der Waals surface area contributed by atoms with Crippen LogP contribution in [0, 0.1) is 0 Å². The predicted octanol–water partition coefficient (Wildman–Crippen LogP) is 0.388. The first-order valence-corrected chi connectivity index (χ1v) is 4.85. The largest absolute Gasteiger partial charge is 0.329 e. The van der Waals surface area contributed by atoms with Gasteiger partial charge in [0.2, 0.25) is 5.91 Å². The molecule has 1 atom stereocenters. The summed E-state index contributed by atoms with van der Waals surface area (Å²) in [6.45, 7) is 6.49. The van der Waals surface area contributed by atoms with Gasteiger partial charge in [0.05, 0.1) is 18.4 Å². The third-order valence-electron chi connectivity index (χ3n) is 2.50. The van der Waals surface area contributed by atoms with Crippen LogP contribution >= 0.6 is 0 Å². The Balaban J connectivity index is 2.16. The quantitative estimate of drug-likeness (QED) is 0.712. The van der Waals surface area contributed by atoms with Crippen molar-refractivity contribution in [3.63, 3.8) is 0 Å².